The lowest BCUT2D eigenvalue weighted by Gasteiger charge is -2.07. The molecule has 1 atom stereocenters. The molecular weight excluding hydrogens is 208 g/mol. The maximum Gasteiger partial charge on any atom is 0.336 e. The maximum atomic E-state index is 11.0. The van der Waals surface area contributed by atoms with Gasteiger partial charge >= 0.3 is 5.97 Å². The van der Waals surface area contributed by atoms with Crippen LogP contribution in [0.5, 0.6) is 0 Å². The molecule has 0 aliphatic rings. The number of carboxylic acids is 1. The van der Waals surface area contributed by atoms with Crippen LogP contribution >= 0.6 is 0 Å². The Morgan fingerprint density at radius 3 is 2.50 bits per heavy atom. The molecule has 1 aromatic carbocycles. The lowest BCUT2D eigenvalue weighted by Crippen LogP contribution is -2.08. The number of benzene rings is 1. The summed E-state index contributed by atoms with van der Waals surface area (Å²) in [4.78, 5) is 21.1. The van der Waals surface area contributed by atoms with E-state index in [0.717, 1.165) is 0 Å². The summed E-state index contributed by atoms with van der Waals surface area (Å²) < 4.78 is 4.62. The minimum absolute atomic E-state index is 0.120. The number of hydrogen-bond acceptors (Lipinski definition) is 3. The molecule has 1 rings (SSSR count). The zero-order valence-corrected chi connectivity index (χ0v) is 8.79. The molecule has 0 saturated carbocycles. The molecule has 1 unspecified atom stereocenters. The summed E-state index contributed by atoms with van der Waals surface area (Å²) in [7, 11) is 0. The highest BCUT2D eigenvalue weighted by atomic mass is 16.5. The van der Waals surface area contributed by atoms with Gasteiger partial charge in [0.05, 0.1) is 5.57 Å². The van der Waals surface area contributed by atoms with Crippen LogP contribution in [0.3, 0.4) is 0 Å². The number of carboxylic acid groups (broad SMARTS) is 1. The van der Waals surface area contributed by atoms with Crippen LogP contribution in [0.15, 0.2) is 36.4 Å². The van der Waals surface area contributed by atoms with Crippen molar-refractivity contribution in [3.05, 3.63) is 42.0 Å². The Labute approximate surface area is 93.2 Å². The van der Waals surface area contributed by atoms with E-state index in [2.05, 4.69) is 4.74 Å². The number of rotatable bonds is 5. The zero-order valence-electron chi connectivity index (χ0n) is 8.79. The number of ether oxygens (including phenoxy) is 1. The number of aliphatic carboxylic acids is 1. The summed E-state index contributed by atoms with van der Waals surface area (Å²) in [5, 5.41) is 9.03. The summed E-state index contributed by atoms with van der Waals surface area (Å²) in [6.07, 6.45) is 0.829. The molecule has 0 saturated heterocycles. The van der Waals surface area contributed by atoms with Gasteiger partial charge in [0.15, 0.2) is 0 Å². The van der Waals surface area contributed by atoms with Gasteiger partial charge in [0, 0.05) is 0 Å². The van der Waals surface area contributed by atoms with Crippen LogP contribution in [-0.4, -0.2) is 23.7 Å². The average molecular weight is 220 g/mol. The summed E-state index contributed by atoms with van der Waals surface area (Å²) >= 11 is 0. The van der Waals surface area contributed by atoms with Crippen LogP contribution in [0.2, 0.25) is 0 Å². The van der Waals surface area contributed by atoms with E-state index in [-0.39, 0.29) is 5.57 Å². The molecule has 0 spiro atoms. The van der Waals surface area contributed by atoms with Crippen LogP contribution in [0.25, 0.3) is 5.57 Å². The molecular formula is C12H12O4. The van der Waals surface area contributed by atoms with Gasteiger partial charge in [0.25, 0.3) is 6.47 Å². The fourth-order valence-corrected chi connectivity index (χ4v) is 1.27. The van der Waals surface area contributed by atoms with E-state index >= 15 is 0 Å². The molecule has 16 heavy (non-hydrogen) atoms. The van der Waals surface area contributed by atoms with Crippen LogP contribution in [0.1, 0.15) is 12.5 Å². The molecule has 1 aromatic rings. The van der Waals surface area contributed by atoms with Gasteiger partial charge in [0.1, 0.15) is 6.10 Å². The third kappa shape index (κ3) is 3.24. The second-order valence-corrected chi connectivity index (χ2v) is 3.19. The van der Waals surface area contributed by atoms with Gasteiger partial charge in [-0.05, 0) is 18.6 Å². The van der Waals surface area contributed by atoms with Gasteiger partial charge in [-0.1, -0.05) is 30.3 Å². The molecule has 4 nitrogen and oxygen atoms in total. The standard InChI is InChI=1S/C12H12O4/c1-9(16-8-13)7-11(12(14)15)10-5-3-2-4-6-10/h2-9H,1H3,(H,14,15). The molecule has 84 valence electrons. The van der Waals surface area contributed by atoms with Crippen molar-refractivity contribution in [2.45, 2.75) is 13.0 Å². The molecule has 0 aromatic heterocycles. The second kappa shape index (κ2) is 5.70. The summed E-state index contributed by atoms with van der Waals surface area (Å²) in [6, 6.07) is 8.67. The third-order valence-electron chi connectivity index (χ3n) is 1.99. The minimum atomic E-state index is -1.05. The highest BCUT2D eigenvalue weighted by Gasteiger charge is 2.11. The quantitative estimate of drug-likeness (QED) is 0.606. The Balaban J connectivity index is 3.00. The van der Waals surface area contributed by atoms with E-state index < -0.39 is 12.1 Å². The Morgan fingerprint density at radius 2 is 2.00 bits per heavy atom. The maximum absolute atomic E-state index is 11.0. The van der Waals surface area contributed by atoms with E-state index in [1.165, 1.54) is 6.08 Å². The van der Waals surface area contributed by atoms with Crippen LogP contribution in [-0.2, 0) is 14.3 Å². The van der Waals surface area contributed by atoms with E-state index in [4.69, 9.17) is 5.11 Å². The highest BCUT2D eigenvalue weighted by molar-refractivity contribution is 6.15. The Kier molecular flexibility index (Phi) is 4.27. The summed E-state index contributed by atoms with van der Waals surface area (Å²) in [5.74, 6) is -1.05. The van der Waals surface area contributed by atoms with Crippen LogP contribution < -0.4 is 0 Å². The number of carbonyl (C=O) groups excluding carboxylic acids is 1. The van der Waals surface area contributed by atoms with Gasteiger partial charge < -0.3 is 9.84 Å². The van der Waals surface area contributed by atoms with Gasteiger partial charge in [-0.15, -0.1) is 0 Å². The van der Waals surface area contributed by atoms with Gasteiger partial charge in [-0.25, -0.2) is 4.79 Å². The van der Waals surface area contributed by atoms with Crippen molar-refractivity contribution >= 4 is 18.0 Å². The third-order valence-corrected chi connectivity index (χ3v) is 1.99. The van der Waals surface area contributed by atoms with Crippen molar-refractivity contribution in [1.82, 2.24) is 0 Å². The molecule has 0 fully saturated rings. The van der Waals surface area contributed by atoms with Gasteiger partial charge in [-0.3, -0.25) is 4.79 Å². The van der Waals surface area contributed by atoms with Crippen molar-refractivity contribution in [2.75, 3.05) is 0 Å². The Bertz CT molecular complexity index is 395. The predicted octanol–water partition coefficient (Wildman–Crippen LogP) is 1.72. The first-order valence-electron chi connectivity index (χ1n) is 4.74. The van der Waals surface area contributed by atoms with Crippen molar-refractivity contribution in [2.24, 2.45) is 0 Å². The van der Waals surface area contributed by atoms with Gasteiger partial charge in [-0.2, -0.15) is 0 Å². The molecule has 0 bridgehead atoms. The largest absolute Gasteiger partial charge is 0.478 e. The SMILES string of the molecule is CC(C=C(C(=O)O)c1ccccc1)OC=O. The highest BCUT2D eigenvalue weighted by Crippen LogP contribution is 2.15. The van der Waals surface area contributed by atoms with Crippen molar-refractivity contribution in [3.8, 4) is 0 Å². The van der Waals surface area contributed by atoms with Crippen molar-refractivity contribution < 1.29 is 19.4 Å². The van der Waals surface area contributed by atoms with E-state index in [1.807, 2.05) is 0 Å². The topological polar surface area (TPSA) is 63.6 Å². The zero-order chi connectivity index (χ0) is 12.0. The lowest BCUT2D eigenvalue weighted by molar-refractivity contribution is -0.132. The van der Waals surface area contributed by atoms with Crippen molar-refractivity contribution in [3.63, 3.8) is 0 Å². The van der Waals surface area contributed by atoms with E-state index in [1.54, 1.807) is 37.3 Å². The van der Waals surface area contributed by atoms with Crippen molar-refractivity contribution in [1.29, 1.82) is 0 Å². The molecule has 1 N–H and O–H groups in total. The second-order valence-electron chi connectivity index (χ2n) is 3.19. The fourth-order valence-electron chi connectivity index (χ4n) is 1.27. The average Bonchev–Trinajstić information content (AvgIpc) is 2.27. The number of hydrogen-bond donors (Lipinski definition) is 1. The fraction of sp³-hybridized carbons (Fsp3) is 0.167. The molecule has 0 heterocycles. The first-order valence-corrected chi connectivity index (χ1v) is 4.74. The first kappa shape index (κ1) is 12.0. The predicted molar refractivity (Wildman–Crippen MR) is 58.7 cm³/mol. The minimum Gasteiger partial charge on any atom is -0.478 e. The Morgan fingerprint density at radius 1 is 1.38 bits per heavy atom. The first-order chi connectivity index (χ1) is 7.65. The van der Waals surface area contributed by atoms with Gasteiger partial charge in [0.2, 0.25) is 0 Å². The normalized spacial score (nSPS) is 12.9. The smallest absolute Gasteiger partial charge is 0.336 e. The Hall–Kier alpha value is -2.10. The summed E-state index contributed by atoms with van der Waals surface area (Å²) in [5.41, 5.74) is 0.700. The van der Waals surface area contributed by atoms with Crippen LogP contribution in [0.4, 0.5) is 0 Å². The van der Waals surface area contributed by atoms with E-state index in [9.17, 15) is 9.59 Å². The molecule has 0 aliphatic heterocycles. The molecule has 0 amide bonds. The lowest BCUT2D eigenvalue weighted by atomic mass is 10.0. The molecule has 0 radical (unpaired) electrons. The molecule has 4 heteroatoms. The number of carbonyl (C=O) groups is 2. The van der Waals surface area contributed by atoms with Crippen LogP contribution in [0, 0.1) is 0 Å². The summed E-state index contributed by atoms with van der Waals surface area (Å²) in [6.45, 7) is 1.89. The molecule has 0 aliphatic carbocycles. The van der Waals surface area contributed by atoms with E-state index in [0.29, 0.717) is 12.0 Å². The monoisotopic (exact) mass is 220 g/mol.